The Labute approximate surface area is 154 Å². The zero-order valence-electron chi connectivity index (χ0n) is 14.5. The summed E-state index contributed by atoms with van der Waals surface area (Å²) in [4.78, 5) is 13.7. The number of rotatable bonds is 6. The van der Waals surface area contributed by atoms with Crippen LogP contribution in [-0.2, 0) is 24.1 Å². The number of alkyl halides is 3. The van der Waals surface area contributed by atoms with Crippen LogP contribution in [0.4, 0.5) is 17.6 Å². The number of nitrogens with one attached hydrogen (secondary N) is 1. The Balaban J connectivity index is 1.94. The molecule has 0 bridgehead atoms. The summed E-state index contributed by atoms with van der Waals surface area (Å²) in [5.41, 5.74) is 0.0229. The summed E-state index contributed by atoms with van der Waals surface area (Å²) in [5, 5.41) is 11.3. The molecular formula is C19H17F4N3O. The Bertz CT molecular complexity index is 859. The van der Waals surface area contributed by atoms with E-state index in [1.807, 2.05) is 12.1 Å². The molecule has 0 aliphatic rings. The summed E-state index contributed by atoms with van der Waals surface area (Å²) >= 11 is 0. The van der Waals surface area contributed by atoms with Gasteiger partial charge in [-0.25, -0.2) is 4.39 Å². The van der Waals surface area contributed by atoms with Crippen molar-refractivity contribution in [3.05, 3.63) is 70.5 Å². The van der Waals surface area contributed by atoms with Crippen molar-refractivity contribution in [3.63, 3.8) is 0 Å². The number of hydrogen-bond donors (Lipinski definition) is 1. The second kappa shape index (κ2) is 8.64. The highest BCUT2D eigenvalue weighted by Gasteiger charge is 2.33. The summed E-state index contributed by atoms with van der Waals surface area (Å²) in [7, 11) is 1.68. The standard InChI is InChI=1S/C19H17F4N3O/c1-26(11-14-4-2-3-13(7-14)9-24)12-18(27)25-10-15-5-6-16(20)8-17(15)19(21,22)23/h2-8H,10-12H2,1H3,(H,25,27). The Morgan fingerprint density at radius 3 is 2.63 bits per heavy atom. The normalized spacial score (nSPS) is 11.3. The van der Waals surface area contributed by atoms with E-state index in [0.717, 1.165) is 17.7 Å². The monoisotopic (exact) mass is 379 g/mol. The third-order valence-electron chi connectivity index (χ3n) is 3.78. The predicted molar refractivity (Wildman–Crippen MR) is 90.7 cm³/mol. The van der Waals surface area contributed by atoms with Crippen molar-refractivity contribution in [1.82, 2.24) is 10.2 Å². The lowest BCUT2D eigenvalue weighted by molar-refractivity contribution is -0.138. The van der Waals surface area contributed by atoms with Gasteiger partial charge in [0.25, 0.3) is 0 Å². The fraction of sp³-hybridized carbons (Fsp3) is 0.263. The van der Waals surface area contributed by atoms with Crippen LogP contribution in [0.5, 0.6) is 0 Å². The first kappa shape index (κ1) is 20.4. The lowest BCUT2D eigenvalue weighted by atomic mass is 10.1. The van der Waals surface area contributed by atoms with Gasteiger partial charge in [-0.2, -0.15) is 18.4 Å². The molecular weight excluding hydrogens is 362 g/mol. The summed E-state index contributed by atoms with van der Waals surface area (Å²) in [6, 6.07) is 11.3. The van der Waals surface area contributed by atoms with E-state index in [9.17, 15) is 22.4 Å². The molecule has 0 unspecified atom stereocenters. The fourth-order valence-corrected chi connectivity index (χ4v) is 2.57. The Kier molecular flexibility index (Phi) is 6.53. The molecule has 0 spiro atoms. The average Bonchev–Trinajstić information content (AvgIpc) is 2.59. The molecule has 2 aromatic rings. The minimum atomic E-state index is -4.70. The van der Waals surface area contributed by atoms with E-state index in [-0.39, 0.29) is 18.7 Å². The van der Waals surface area contributed by atoms with Crippen molar-refractivity contribution >= 4 is 5.91 Å². The Hall–Kier alpha value is -2.92. The van der Waals surface area contributed by atoms with Gasteiger partial charge in [0.05, 0.1) is 23.7 Å². The molecule has 2 aromatic carbocycles. The van der Waals surface area contributed by atoms with E-state index in [0.29, 0.717) is 18.2 Å². The van der Waals surface area contributed by atoms with Gasteiger partial charge in [-0.3, -0.25) is 9.69 Å². The molecule has 0 radical (unpaired) electrons. The Morgan fingerprint density at radius 2 is 1.96 bits per heavy atom. The molecule has 0 fully saturated rings. The highest BCUT2D eigenvalue weighted by atomic mass is 19.4. The first-order valence-electron chi connectivity index (χ1n) is 7.99. The molecule has 27 heavy (non-hydrogen) atoms. The topological polar surface area (TPSA) is 56.1 Å². The van der Waals surface area contributed by atoms with Gasteiger partial charge < -0.3 is 5.32 Å². The number of hydrogen-bond acceptors (Lipinski definition) is 3. The van der Waals surface area contributed by atoms with Crippen molar-refractivity contribution < 1.29 is 22.4 Å². The first-order chi connectivity index (χ1) is 12.7. The minimum Gasteiger partial charge on any atom is -0.351 e. The summed E-state index contributed by atoms with van der Waals surface area (Å²) in [5.74, 6) is -1.46. The lowest BCUT2D eigenvalue weighted by Crippen LogP contribution is -2.35. The van der Waals surface area contributed by atoms with Gasteiger partial charge >= 0.3 is 6.18 Å². The maximum absolute atomic E-state index is 13.1. The van der Waals surface area contributed by atoms with Crippen LogP contribution < -0.4 is 5.32 Å². The van der Waals surface area contributed by atoms with E-state index in [4.69, 9.17) is 5.26 Å². The number of amides is 1. The maximum Gasteiger partial charge on any atom is 0.416 e. The van der Waals surface area contributed by atoms with Gasteiger partial charge in [-0.05, 0) is 42.4 Å². The largest absolute Gasteiger partial charge is 0.416 e. The number of nitriles is 1. The third kappa shape index (κ3) is 6.08. The highest BCUT2D eigenvalue weighted by Crippen LogP contribution is 2.32. The van der Waals surface area contributed by atoms with E-state index in [1.165, 1.54) is 0 Å². The van der Waals surface area contributed by atoms with Crippen LogP contribution in [0.3, 0.4) is 0 Å². The molecule has 0 aliphatic heterocycles. The zero-order valence-corrected chi connectivity index (χ0v) is 14.5. The molecule has 0 atom stereocenters. The summed E-state index contributed by atoms with van der Waals surface area (Å²) in [6.07, 6.45) is -4.70. The second-order valence-corrected chi connectivity index (χ2v) is 6.06. The van der Waals surface area contributed by atoms with Crippen molar-refractivity contribution in [1.29, 1.82) is 5.26 Å². The number of carbonyl (C=O) groups is 1. The molecule has 142 valence electrons. The quantitative estimate of drug-likeness (QED) is 0.782. The van der Waals surface area contributed by atoms with E-state index in [1.54, 1.807) is 30.1 Å². The predicted octanol–water partition coefficient (Wildman–Crippen LogP) is 3.46. The minimum absolute atomic E-state index is 0.0423. The maximum atomic E-state index is 13.1. The highest BCUT2D eigenvalue weighted by molar-refractivity contribution is 5.78. The van der Waals surface area contributed by atoms with Crippen LogP contribution in [0.25, 0.3) is 0 Å². The smallest absolute Gasteiger partial charge is 0.351 e. The third-order valence-corrected chi connectivity index (χ3v) is 3.78. The summed E-state index contributed by atoms with van der Waals surface area (Å²) in [6.45, 7) is -0.00166. The zero-order chi connectivity index (χ0) is 20.0. The molecule has 1 N–H and O–H groups in total. The van der Waals surface area contributed by atoms with Crippen LogP contribution in [0.1, 0.15) is 22.3 Å². The van der Waals surface area contributed by atoms with Crippen molar-refractivity contribution in [3.8, 4) is 6.07 Å². The molecule has 2 rings (SSSR count). The number of nitrogens with zero attached hydrogens (tertiary/aromatic N) is 2. The Morgan fingerprint density at radius 1 is 1.22 bits per heavy atom. The molecule has 0 saturated heterocycles. The van der Waals surface area contributed by atoms with Gasteiger partial charge in [0, 0.05) is 13.1 Å². The summed E-state index contributed by atoms with van der Waals surface area (Å²) < 4.78 is 52.0. The number of benzene rings is 2. The van der Waals surface area contributed by atoms with Crippen LogP contribution >= 0.6 is 0 Å². The number of likely N-dealkylation sites (N-methyl/N-ethyl adjacent to an activating group) is 1. The molecule has 0 aliphatic carbocycles. The van der Waals surface area contributed by atoms with Crippen LogP contribution in [0.2, 0.25) is 0 Å². The molecule has 0 aromatic heterocycles. The molecule has 0 heterocycles. The number of halogens is 4. The van der Waals surface area contributed by atoms with Crippen molar-refractivity contribution in [2.24, 2.45) is 0 Å². The van der Waals surface area contributed by atoms with Gasteiger partial charge in [0.1, 0.15) is 5.82 Å². The van der Waals surface area contributed by atoms with E-state index >= 15 is 0 Å². The van der Waals surface area contributed by atoms with Gasteiger partial charge in [-0.1, -0.05) is 18.2 Å². The first-order valence-corrected chi connectivity index (χ1v) is 7.99. The lowest BCUT2D eigenvalue weighted by Gasteiger charge is -2.17. The van der Waals surface area contributed by atoms with Gasteiger partial charge in [0.15, 0.2) is 0 Å². The average molecular weight is 379 g/mol. The van der Waals surface area contributed by atoms with Crippen molar-refractivity contribution in [2.75, 3.05) is 13.6 Å². The van der Waals surface area contributed by atoms with Crippen LogP contribution in [0.15, 0.2) is 42.5 Å². The van der Waals surface area contributed by atoms with Gasteiger partial charge in [-0.15, -0.1) is 0 Å². The van der Waals surface area contributed by atoms with Crippen LogP contribution in [-0.4, -0.2) is 24.4 Å². The van der Waals surface area contributed by atoms with E-state index in [2.05, 4.69) is 5.32 Å². The van der Waals surface area contributed by atoms with E-state index < -0.39 is 23.5 Å². The second-order valence-electron chi connectivity index (χ2n) is 6.06. The molecule has 4 nitrogen and oxygen atoms in total. The molecule has 1 amide bonds. The number of carbonyl (C=O) groups excluding carboxylic acids is 1. The van der Waals surface area contributed by atoms with Gasteiger partial charge in [0.2, 0.25) is 5.91 Å². The molecule has 8 heteroatoms. The fourth-order valence-electron chi connectivity index (χ4n) is 2.57. The SMILES string of the molecule is CN(CC(=O)NCc1ccc(F)cc1C(F)(F)F)Cc1cccc(C#N)c1. The van der Waals surface area contributed by atoms with Crippen molar-refractivity contribution in [2.45, 2.75) is 19.3 Å². The van der Waals surface area contributed by atoms with Crippen LogP contribution in [0, 0.1) is 17.1 Å². The molecule has 0 saturated carbocycles.